The standard InChI is InChI=1S/C27H35N3O6/c1-24(2,3)34-21(31)27(17-28,20-15-14-18-12-10-11-13-19(18)16-20)30(23(33)36-26(7,8)9)29-22(32)35-25(4,5)6/h10-16H,1-9H3,(H,29,32). The van der Waals surface area contributed by atoms with E-state index in [0.29, 0.717) is 10.4 Å². The van der Waals surface area contributed by atoms with Gasteiger partial charge in [-0.2, -0.15) is 10.3 Å². The van der Waals surface area contributed by atoms with E-state index >= 15 is 0 Å². The predicted molar refractivity (Wildman–Crippen MR) is 135 cm³/mol. The van der Waals surface area contributed by atoms with Crippen LogP contribution in [0.15, 0.2) is 42.5 Å². The molecule has 0 bridgehead atoms. The normalized spacial score (nSPS) is 13.7. The zero-order chi connectivity index (χ0) is 27.5. The van der Waals surface area contributed by atoms with Gasteiger partial charge in [-0.05, 0) is 79.2 Å². The van der Waals surface area contributed by atoms with Gasteiger partial charge in [0.25, 0.3) is 5.54 Å². The van der Waals surface area contributed by atoms with Crippen LogP contribution >= 0.6 is 0 Å². The fraction of sp³-hybridized carbons (Fsp3) is 0.481. The van der Waals surface area contributed by atoms with Gasteiger partial charge in [0.05, 0.1) is 0 Å². The number of amides is 2. The maximum absolute atomic E-state index is 13.7. The van der Waals surface area contributed by atoms with E-state index in [-0.39, 0.29) is 5.56 Å². The highest BCUT2D eigenvalue weighted by Gasteiger charge is 2.54. The minimum atomic E-state index is -2.45. The van der Waals surface area contributed by atoms with Gasteiger partial charge in [0.15, 0.2) is 0 Å². The minimum absolute atomic E-state index is 0.0971. The summed E-state index contributed by atoms with van der Waals surface area (Å²) in [5.74, 6) is -1.07. The second-order valence-electron chi connectivity index (χ2n) is 11.3. The van der Waals surface area contributed by atoms with Crippen molar-refractivity contribution < 1.29 is 28.6 Å². The van der Waals surface area contributed by atoms with Gasteiger partial charge in [0.2, 0.25) is 0 Å². The van der Waals surface area contributed by atoms with Crippen LogP contribution in [0.3, 0.4) is 0 Å². The number of benzene rings is 2. The maximum Gasteiger partial charge on any atom is 0.431 e. The highest BCUT2D eigenvalue weighted by atomic mass is 16.6. The van der Waals surface area contributed by atoms with Crippen LogP contribution in [0.25, 0.3) is 10.8 Å². The Labute approximate surface area is 212 Å². The number of hydrazine groups is 1. The molecule has 0 aliphatic carbocycles. The maximum atomic E-state index is 13.7. The molecular weight excluding hydrogens is 462 g/mol. The van der Waals surface area contributed by atoms with Crippen LogP contribution in [0, 0.1) is 11.3 Å². The Morgan fingerprint density at radius 2 is 1.31 bits per heavy atom. The molecule has 2 rings (SSSR count). The zero-order valence-corrected chi connectivity index (χ0v) is 22.4. The van der Waals surface area contributed by atoms with E-state index in [0.717, 1.165) is 5.39 Å². The first-order valence-corrected chi connectivity index (χ1v) is 11.5. The third kappa shape index (κ3) is 7.11. The number of nitrogens with zero attached hydrogens (tertiary/aromatic N) is 2. The van der Waals surface area contributed by atoms with Gasteiger partial charge in [-0.15, -0.1) is 0 Å². The van der Waals surface area contributed by atoms with Crippen molar-refractivity contribution in [1.82, 2.24) is 10.4 Å². The van der Waals surface area contributed by atoms with Gasteiger partial charge in [-0.25, -0.2) is 19.8 Å². The number of hydrogen-bond donors (Lipinski definition) is 1. The Morgan fingerprint density at radius 3 is 1.81 bits per heavy atom. The molecule has 9 heteroatoms. The first kappa shape index (κ1) is 28.4. The molecule has 36 heavy (non-hydrogen) atoms. The molecule has 9 nitrogen and oxygen atoms in total. The summed E-state index contributed by atoms with van der Waals surface area (Å²) in [7, 11) is 0. The molecule has 0 saturated heterocycles. The summed E-state index contributed by atoms with van der Waals surface area (Å²) in [6.07, 6.45) is -2.20. The van der Waals surface area contributed by atoms with E-state index in [4.69, 9.17) is 14.2 Å². The van der Waals surface area contributed by atoms with Crippen LogP contribution in [0.1, 0.15) is 67.9 Å². The highest BCUT2D eigenvalue weighted by Crippen LogP contribution is 2.34. The lowest BCUT2D eigenvalue weighted by atomic mass is 9.88. The van der Waals surface area contributed by atoms with Gasteiger partial charge >= 0.3 is 18.2 Å². The lowest BCUT2D eigenvalue weighted by Crippen LogP contribution is -2.63. The molecule has 1 N–H and O–H groups in total. The van der Waals surface area contributed by atoms with Gasteiger partial charge in [-0.3, -0.25) is 0 Å². The van der Waals surface area contributed by atoms with Gasteiger partial charge in [-0.1, -0.05) is 36.4 Å². The summed E-state index contributed by atoms with van der Waals surface area (Å²) in [6.45, 7) is 14.7. The third-order valence-electron chi connectivity index (χ3n) is 4.54. The number of rotatable bonds is 3. The van der Waals surface area contributed by atoms with Crippen LogP contribution in [0.2, 0.25) is 0 Å². The Kier molecular flexibility index (Phi) is 7.94. The minimum Gasteiger partial charge on any atom is -0.457 e. The average Bonchev–Trinajstić information content (AvgIpc) is 2.70. The number of nitrogens with one attached hydrogen (secondary N) is 1. The Bertz CT molecular complexity index is 1180. The number of hydrogen-bond acceptors (Lipinski definition) is 7. The molecule has 0 aliphatic rings. The van der Waals surface area contributed by atoms with Crippen LogP contribution in [0.5, 0.6) is 0 Å². The largest absolute Gasteiger partial charge is 0.457 e. The lowest BCUT2D eigenvalue weighted by Gasteiger charge is -2.38. The number of carbonyl (C=O) groups excluding carboxylic acids is 3. The molecule has 194 valence electrons. The molecule has 0 aliphatic heterocycles. The molecule has 0 radical (unpaired) electrons. The second-order valence-corrected chi connectivity index (χ2v) is 11.3. The summed E-state index contributed by atoms with van der Waals surface area (Å²) >= 11 is 0. The fourth-order valence-electron chi connectivity index (χ4n) is 3.23. The van der Waals surface area contributed by atoms with Crippen molar-refractivity contribution in [1.29, 1.82) is 5.26 Å². The number of carbonyl (C=O) groups is 3. The van der Waals surface area contributed by atoms with Crippen molar-refractivity contribution in [3.8, 4) is 6.07 Å². The summed E-state index contributed by atoms with van der Waals surface area (Å²) in [4.78, 5) is 40.0. The first-order chi connectivity index (χ1) is 16.4. The van der Waals surface area contributed by atoms with Crippen LogP contribution < -0.4 is 5.43 Å². The molecule has 0 aromatic heterocycles. The van der Waals surface area contributed by atoms with E-state index in [1.807, 2.05) is 18.2 Å². The molecule has 0 heterocycles. The van der Waals surface area contributed by atoms with Crippen molar-refractivity contribution in [3.63, 3.8) is 0 Å². The molecule has 2 amide bonds. The Morgan fingerprint density at radius 1 is 0.778 bits per heavy atom. The van der Waals surface area contributed by atoms with E-state index in [1.165, 1.54) is 6.07 Å². The van der Waals surface area contributed by atoms with E-state index < -0.39 is 40.5 Å². The molecular formula is C27H35N3O6. The second kappa shape index (κ2) is 10.1. The Hall–Kier alpha value is -3.80. The summed E-state index contributed by atoms with van der Waals surface area (Å²) in [5.41, 5.74) is -3.02. The molecule has 0 fully saturated rings. The van der Waals surface area contributed by atoms with E-state index in [9.17, 15) is 19.6 Å². The van der Waals surface area contributed by atoms with Crippen LogP contribution in [-0.4, -0.2) is 40.0 Å². The lowest BCUT2D eigenvalue weighted by molar-refractivity contribution is -0.168. The molecule has 2 aromatic carbocycles. The van der Waals surface area contributed by atoms with Gasteiger partial charge in [0.1, 0.15) is 22.9 Å². The van der Waals surface area contributed by atoms with Crippen molar-refractivity contribution in [2.45, 2.75) is 84.7 Å². The van der Waals surface area contributed by atoms with Crippen molar-refractivity contribution >= 4 is 28.9 Å². The topological polar surface area (TPSA) is 118 Å². The Balaban J connectivity index is 2.81. The van der Waals surface area contributed by atoms with E-state index in [1.54, 1.807) is 86.6 Å². The number of fused-ring (bicyclic) bond motifs is 1. The monoisotopic (exact) mass is 497 g/mol. The molecule has 2 aromatic rings. The van der Waals surface area contributed by atoms with Crippen LogP contribution in [0.4, 0.5) is 9.59 Å². The summed E-state index contributed by atoms with van der Waals surface area (Å²) in [6, 6.07) is 14.1. The number of ether oxygens (including phenoxy) is 3. The number of esters is 1. The summed E-state index contributed by atoms with van der Waals surface area (Å²) < 4.78 is 16.4. The van der Waals surface area contributed by atoms with Crippen molar-refractivity contribution in [2.24, 2.45) is 0 Å². The predicted octanol–water partition coefficient (Wildman–Crippen LogP) is 5.58. The van der Waals surface area contributed by atoms with Crippen LogP contribution in [-0.2, 0) is 24.5 Å². The third-order valence-corrected chi connectivity index (χ3v) is 4.54. The molecule has 0 spiro atoms. The zero-order valence-electron chi connectivity index (χ0n) is 22.4. The summed E-state index contributed by atoms with van der Waals surface area (Å²) in [5, 5.41) is 12.6. The van der Waals surface area contributed by atoms with Crippen molar-refractivity contribution in [3.05, 3.63) is 48.0 Å². The molecule has 1 atom stereocenters. The number of nitriles is 1. The van der Waals surface area contributed by atoms with E-state index in [2.05, 4.69) is 5.43 Å². The first-order valence-electron chi connectivity index (χ1n) is 11.5. The van der Waals surface area contributed by atoms with Gasteiger partial charge < -0.3 is 14.2 Å². The molecule has 0 saturated carbocycles. The fourth-order valence-corrected chi connectivity index (χ4v) is 3.23. The highest BCUT2D eigenvalue weighted by molar-refractivity contribution is 5.93. The SMILES string of the molecule is CC(C)(C)OC(=O)NN(C(=O)OC(C)(C)C)C(C#N)(C(=O)OC(C)(C)C)c1ccc2ccccc2c1. The quantitative estimate of drug-likeness (QED) is 0.334. The smallest absolute Gasteiger partial charge is 0.431 e. The van der Waals surface area contributed by atoms with Gasteiger partial charge in [0, 0.05) is 5.56 Å². The molecule has 1 unspecified atom stereocenters. The average molecular weight is 498 g/mol. The van der Waals surface area contributed by atoms with Crippen molar-refractivity contribution in [2.75, 3.05) is 0 Å².